The molecule has 2 aliphatic heterocycles. The van der Waals surface area contributed by atoms with Crippen molar-refractivity contribution in [2.75, 3.05) is 18.0 Å². The number of nitrogens with zero attached hydrogens (tertiary/aromatic N) is 2. The van der Waals surface area contributed by atoms with Gasteiger partial charge in [0.15, 0.2) is 0 Å². The smallest absolute Gasteiger partial charge is 0.316 e. The first kappa shape index (κ1) is 19.2. The molecule has 0 N–H and O–H groups in total. The van der Waals surface area contributed by atoms with Gasteiger partial charge in [0.05, 0.1) is 5.92 Å². The molecule has 0 aliphatic carbocycles. The Balaban J connectivity index is 1.34. The third-order valence-corrected chi connectivity index (χ3v) is 5.48. The topological polar surface area (TPSA) is 66.9 Å². The van der Waals surface area contributed by atoms with E-state index in [1.54, 1.807) is 34.1 Å². The molecule has 0 aromatic heterocycles. The molecular weight excluding hydrogens is 368 g/mol. The van der Waals surface area contributed by atoms with Crippen LogP contribution in [0.1, 0.15) is 30.4 Å². The van der Waals surface area contributed by atoms with Crippen molar-refractivity contribution in [2.24, 2.45) is 5.92 Å². The van der Waals surface area contributed by atoms with E-state index in [4.69, 9.17) is 4.74 Å². The minimum atomic E-state index is -0.465. The van der Waals surface area contributed by atoms with E-state index in [1.807, 2.05) is 31.2 Å². The predicted molar refractivity (Wildman–Crippen MR) is 108 cm³/mol. The Bertz CT molecular complexity index is 921. The largest absolute Gasteiger partial charge is 0.426 e. The summed E-state index contributed by atoms with van der Waals surface area (Å²) < 4.78 is 5.48. The predicted octanol–water partition coefficient (Wildman–Crippen LogP) is 3.08. The first-order chi connectivity index (χ1) is 14.0. The van der Waals surface area contributed by atoms with Gasteiger partial charge >= 0.3 is 5.97 Å². The first-order valence-corrected chi connectivity index (χ1v) is 9.95. The minimum absolute atomic E-state index is 0.0320. The fourth-order valence-corrected chi connectivity index (χ4v) is 3.81. The molecule has 2 aliphatic rings. The lowest BCUT2D eigenvalue weighted by molar-refractivity contribution is -0.139. The fourth-order valence-electron chi connectivity index (χ4n) is 3.81. The van der Waals surface area contributed by atoms with Crippen molar-refractivity contribution < 1.29 is 19.1 Å². The van der Waals surface area contributed by atoms with Crippen LogP contribution in [0, 0.1) is 12.8 Å². The normalized spacial score (nSPS) is 19.1. The summed E-state index contributed by atoms with van der Waals surface area (Å²) in [6, 6.07) is 15.0. The summed E-state index contributed by atoms with van der Waals surface area (Å²) >= 11 is 0. The van der Waals surface area contributed by atoms with Crippen LogP contribution in [0.25, 0.3) is 0 Å². The van der Waals surface area contributed by atoms with Crippen molar-refractivity contribution in [1.29, 1.82) is 0 Å². The monoisotopic (exact) mass is 392 g/mol. The lowest BCUT2D eigenvalue weighted by atomic mass is 10.1. The molecule has 0 radical (unpaired) electrons. The van der Waals surface area contributed by atoms with Gasteiger partial charge in [-0.15, -0.1) is 0 Å². The third kappa shape index (κ3) is 4.31. The fraction of sp³-hybridized carbons (Fsp3) is 0.348. The van der Waals surface area contributed by atoms with Gasteiger partial charge < -0.3 is 14.5 Å². The Hall–Kier alpha value is -3.15. The Morgan fingerprint density at radius 2 is 1.76 bits per heavy atom. The Morgan fingerprint density at radius 1 is 1.03 bits per heavy atom. The number of esters is 1. The highest BCUT2D eigenvalue weighted by Crippen LogP contribution is 2.26. The van der Waals surface area contributed by atoms with E-state index in [2.05, 4.69) is 0 Å². The second kappa shape index (κ2) is 8.07. The van der Waals surface area contributed by atoms with E-state index in [0.717, 1.165) is 24.2 Å². The summed E-state index contributed by atoms with van der Waals surface area (Å²) in [5, 5.41) is 0. The van der Waals surface area contributed by atoms with Gasteiger partial charge in [0.25, 0.3) is 0 Å². The van der Waals surface area contributed by atoms with Gasteiger partial charge in [-0.2, -0.15) is 0 Å². The molecule has 29 heavy (non-hydrogen) atoms. The summed E-state index contributed by atoms with van der Waals surface area (Å²) in [4.78, 5) is 40.1. The molecule has 2 saturated heterocycles. The second-order valence-electron chi connectivity index (χ2n) is 7.72. The second-order valence-corrected chi connectivity index (χ2v) is 7.72. The Kier molecular flexibility index (Phi) is 5.34. The maximum Gasteiger partial charge on any atom is 0.316 e. The zero-order chi connectivity index (χ0) is 20.4. The molecule has 1 unspecified atom stereocenters. The highest BCUT2D eigenvalue weighted by Gasteiger charge is 2.35. The lowest BCUT2D eigenvalue weighted by Crippen LogP contribution is -2.27. The van der Waals surface area contributed by atoms with Gasteiger partial charge in [-0.1, -0.05) is 29.8 Å². The molecule has 6 nitrogen and oxygen atoms in total. The number of carbonyl (C=O) groups excluding carboxylic acids is 3. The number of anilines is 1. The van der Waals surface area contributed by atoms with Crippen molar-refractivity contribution in [3.05, 3.63) is 59.7 Å². The van der Waals surface area contributed by atoms with Crippen LogP contribution in [0.2, 0.25) is 0 Å². The quantitative estimate of drug-likeness (QED) is 0.579. The molecule has 6 heteroatoms. The molecule has 150 valence electrons. The number of amides is 2. The molecule has 0 bridgehead atoms. The highest BCUT2D eigenvalue weighted by molar-refractivity contribution is 5.95. The minimum Gasteiger partial charge on any atom is -0.426 e. The van der Waals surface area contributed by atoms with Gasteiger partial charge in [0, 0.05) is 38.2 Å². The average molecular weight is 392 g/mol. The van der Waals surface area contributed by atoms with E-state index in [9.17, 15) is 14.4 Å². The van der Waals surface area contributed by atoms with E-state index in [1.165, 1.54) is 5.56 Å². The van der Waals surface area contributed by atoms with E-state index in [-0.39, 0.29) is 18.2 Å². The van der Waals surface area contributed by atoms with E-state index < -0.39 is 11.9 Å². The molecule has 2 amide bonds. The summed E-state index contributed by atoms with van der Waals surface area (Å²) in [7, 11) is 0. The summed E-state index contributed by atoms with van der Waals surface area (Å²) in [5.74, 6) is -0.347. The number of benzene rings is 2. The average Bonchev–Trinajstić information content (AvgIpc) is 3.30. The van der Waals surface area contributed by atoms with Gasteiger partial charge in [-0.3, -0.25) is 14.4 Å². The van der Waals surface area contributed by atoms with Gasteiger partial charge in [0.1, 0.15) is 5.75 Å². The Labute approximate surface area is 170 Å². The number of ether oxygens (including phenoxy) is 1. The van der Waals surface area contributed by atoms with Crippen molar-refractivity contribution in [3.63, 3.8) is 0 Å². The van der Waals surface area contributed by atoms with Crippen LogP contribution in [0.3, 0.4) is 0 Å². The summed E-state index contributed by atoms with van der Waals surface area (Å²) in [6.45, 7) is 3.61. The maximum absolute atomic E-state index is 12.5. The molecule has 2 aromatic rings. The van der Waals surface area contributed by atoms with E-state index >= 15 is 0 Å². The zero-order valence-electron chi connectivity index (χ0n) is 16.5. The molecule has 0 spiro atoms. The van der Waals surface area contributed by atoms with Crippen LogP contribution < -0.4 is 9.64 Å². The number of rotatable bonds is 5. The van der Waals surface area contributed by atoms with Crippen LogP contribution in [0.4, 0.5) is 5.69 Å². The van der Waals surface area contributed by atoms with Crippen LogP contribution in [-0.4, -0.2) is 35.8 Å². The summed E-state index contributed by atoms with van der Waals surface area (Å²) in [5.41, 5.74) is 3.03. The van der Waals surface area contributed by atoms with Gasteiger partial charge in [-0.25, -0.2) is 0 Å². The van der Waals surface area contributed by atoms with Crippen LogP contribution in [-0.2, 0) is 20.9 Å². The van der Waals surface area contributed by atoms with Gasteiger partial charge in [0.2, 0.25) is 11.8 Å². The summed E-state index contributed by atoms with van der Waals surface area (Å²) in [6.07, 6.45) is 1.61. The van der Waals surface area contributed by atoms with Crippen molar-refractivity contribution in [1.82, 2.24) is 4.90 Å². The third-order valence-electron chi connectivity index (χ3n) is 5.48. The first-order valence-electron chi connectivity index (χ1n) is 9.95. The standard InChI is InChI=1S/C23H24N2O4/c1-16-4-6-17(7-5-16)14-24-15-18(13-22(24)27)23(28)29-20-10-8-19(9-11-20)25-12-2-3-21(25)26/h4-11,18H,2-3,12-15H2,1H3. The van der Waals surface area contributed by atoms with Crippen molar-refractivity contribution >= 4 is 23.5 Å². The zero-order valence-corrected chi connectivity index (χ0v) is 16.5. The lowest BCUT2D eigenvalue weighted by Gasteiger charge is -2.17. The van der Waals surface area contributed by atoms with Crippen LogP contribution in [0.15, 0.2) is 48.5 Å². The number of likely N-dealkylation sites (tertiary alicyclic amines) is 1. The molecule has 2 heterocycles. The molecule has 2 aromatic carbocycles. The molecule has 1 atom stereocenters. The van der Waals surface area contributed by atoms with E-state index in [0.29, 0.717) is 25.3 Å². The maximum atomic E-state index is 12.5. The molecule has 4 rings (SSSR count). The number of hydrogen-bond donors (Lipinski definition) is 0. The van der Waals surface area contributed by atoms with Crippen LogP contribution >= 0.6 is 0 Å². The number of hydrogen-bond acceptors (Lipinski definition) is 4. The highest BCUT2D eigenvalue weighted by atomic mass is 16.5. The van der Waals surface area contributed by atoms with Crippen molar-refractivity contribution in [2.45, 2.75) is 32.7 Å². The van der Waals surface area contributed by atoms with Gasteiger partial charge in [-0.05, 0) is 43.2 Å². The van der Waals surface area contributed by atoms with Crippen LogP contribution in [0.5, 0.6) is 5.75 Å². The Morgan fingerprint density at radius 3 is 2.41 bits per heavy atom. The SMILES string of the molecule is Cc1ccc(CN2CC(C(=O)Oc3ccc(N4CCCC4=O)cc3)CC2=O)cc1. The number of aryl methyl sites for hydroxylation is 1. The van der Waals surface area contributed by atoms with Crippen molar-refractivity contribution in [3.8, 4) is 5.75 Å². The molecular formula is C23H24N2O4. The molecule has 2 fully saturated rings. The number of carbonyl (C=O) groups is 3. The molecule has 0 saturated carbocycles.